The summed E-state index contributed by atoms with van der Waals surface area (Å²) in [5, 5.41) is 0. The number of hydrogen-bond donors (Lipinski definition) is 0. The van der Waals surface area contributed by atoms with Crippen LogP contribution >= 0.6 is 0 Å². The second-order valence-electron chi connectivity index (χ2n) is 3.47. The zero-order valence-electron chi connectivity index (χ0n) is 8.36. The Labute approximate surface area is 78.2 Å². The van der Waals surface area contributed by atoms with E-state index in [1.54, 1.807) is 0 Å². The van der Waals surface area contributed by atoms with Gasteiger partial charge in [-0.05, 0) is 0 Å². The van der Waals surface area contributed by atoms with E-state index in [9.17, 15) is 0 Å². The molecule has 0 fully saturated rings. The van der Waals surface area contributed by atoms with Gasteiger partial charge in [-0.3, -0.25) is 0 Å². The first-order chi connectivity index (χ1) is 5.41. The van der Waals surface area contributed by atoms with E-state index in [0.29, 0.717) is 0 Å². The van der Waals surface area contributed by atoms with E-state index in [0.717, 1.165) is 0 Å². The van der Waals surface area contributed by atoms with Gasteiger partial charge < -0.3 is 0 Å². The quantitative estimate of drug-likeness (QED) is 0.231. The molecule has 50 valence electrons. The SMILES string of the molecule is BBBBCBBBBCB. The van der Waals surface area contributed by atoms with Crippen LogP contribution in [0.2, 0.25) is 12.4 Å². The summed E-state index contributed by atoms with van der Waals surface area (Å²) in [4.78, 5) is 0. The van der Waals surface area contributed by atoms with Crippen LogP contribution in [0.5, 0.6) is 0 Å². The molecule has 0 spiro atoms. The number of hydrogen-bond acceptors (Lipinski definition) is 0. The third-order valence-electron chi connectivity index (χ3n) is 2.21. The molecule has 0 aliphatic rings. The summed E-state index contributed by atoms with van der Waals surface area (Å²) in [6.07, 6.45) is 2.84. The molecule has 0 unspecified atom stereocenters. The van der Waals surface area contributed by atoms with Crippen molar-refractivity contribution in [1.82, 2.24) is 0 Å². The van der Waals surface area contributed by atoms with Gasteiger partial charge in [-0.15, -0.1) is 12.4 Å². The highest BCUT2D eigenvalue weighted by atomic mass is 13.2. The van der Waals surface area contributed by atoms with Crippen LogP contribution < -0.4 is 0 Å². The minimum absolute atomic E-state index is 1.37. The Balaban J connectivity index is 2.69. The molecule has 0 rings (SSSR count). The van der Waals surface area contributed by atoms with Gasteiger partial charge in [0, 0.05) is 28.2 Å². The molecule has 0 aliphatic carbocycles. The van der Waals surface area contributed by atoms with Gasteiger partial charge in [0.15, 0.2) is 0 Å². The van der Waals surface area contributed by atoms with Crippen LogP contribution in [0, 0.1) is 0 Å². The minimum atomic E-state index is 1.37. The largest absolute Gasteiger partial charge is 0.115 e. The second-order valence-corrected chi connectivity index (χ2v) is 3.47. The Bertz CT molecular complexity index is 56.6. The van der Waals surface area contributed by atoms with Gasteiger partial charge in [0.25, 0.3) is 0 Å². The van der Waals surface area contributed by atoms with Crippen LogP contribution in [0.4, 0.5) is 0 Å². The molecule has 0 saturated heterocycles. The van der Waals surface area contributed by atoms with E-state index in [1.165, 1.54) is 62.2 Å². The van der Waals surface area contributed by atoms with Crippen molar-refractivity contribution < 1.29 is 0 Å². The predicted octanol–water partition coefficient (Wildman–Crippen LogP) is -5.45. The van der Waals surface area contributed by atoms with Crippen molar-refractivity contribution in [3.05, 3.63) is 0 Å². The van der Waals surface area contributed by atoms with E-state index >= 15 is 0 Å². The molecule has 0 N–H and O–H groups in total. The van der Waals surface area contributed by atoms with Crippen molar-refractivity contribution >= 4 is 65.3 Å². The second kappa shape index (κ2) is 10.6. The van der Waals surface area contributed by atoms with E-state index in [-0.39, 0.29) is 0 Å². The van der Waals surface area contributed by atoms with Crippen LogP contribution in [0.3, 0.4) is 0 Å². The lowest BCUT2D eigenvalue weighted by Gasteiger charge is -1.91. The summed E-state index contributed by atoms with van der Waals surface area (Å²) in [6.45, 7) is 0. The maximum atomic E-state index is 2.27. The first-order valence-electron chi connectivity index (χ1n) is 5.41. The Kier molecular flexibility index (Phi) is 11.1. The Morgan fingerprint density at radius 3 is 2.18 bits per heavy atom. The minimum Gasteiger partial charge on any atom is -0.115 e. The molecule has 0 amide bonds. The maximum Gasteiger partial charge on any atom is 0.0921 e. The average molecular weight is 136 g/mol. The third kappa shape index (κ3) is 10.6. The van der Waals surface area contributed by atoms with Gasteiger partial charge in [0.1, 0.15) is 0 Å². The van der Waals surface area contributed by atoms with Gasteiger partial charge in [-0.25, -0.2) is 0 Å². The molecule has 0 aromatic carbocycles. The van der Waals surface area contributed by atoms with Crippen molar-refractivity contribution in [3.63, 3.8) is 0 Å². The predicted molar refractivity (Wildman–Crippen MR) is 76.7 cm³/mol. The molecule has 0 nitrogen and oxygen atoms in total. The summed E-state index contributed by atoms with van der Waals surface area (Å²) < 4.78 is 0. The Hall–Kier alpha value is 0.584. The Morgan fingerprint density at radius 2 is 1.55 bits per heavy atom. The molecule has 0 aromatic heterocycles. The lowest BCUT2D eigenvalue weighted by atomic mass is 9.03. The van der Waals surface area contributed by atoms with E-state index < -0.39 is 0 Å². The zero-order chi connectivity index (χ0) is 8.36. The smallest absolute Gasteiger partial charge is 0.0921 e. The third-order valence-corrected chi connectivity index (χ3v) is 2.21. The van der Waals surface area contributed by atoms with Gasteiger partial charge in [-0.2, -0.15) is 0 Å². The summed E-state index contributed by atoms with van der Waals surface area (Å²) in [7, 11) is 14.7. The highest BCUT2D eigenvalue weighted by Crippen LogP contribution is 1.71. The molecule has 0 heterocycles. The molecule has 0 saturated carbocycles. The maximum absolute atomic E-state index is 2.27. The topological polar surface area (TPSA) is 0 Å². The van der Waals surface area contributed by atoms with Crippen molar-refractivity contribution in [1.29, 1.82) is 0 Å². The summed E-state index contributed by atoms with van der Waals surface area (Å²) >= 11 is 0. The van der Waals surface area contributed by atoms with Crippen molar-refractivity contribution in [2.24, 2.45) is 0 Å². The van der Waals surface area contributed by atoms with Crippen molar-refractivity contribution in [2.75, 3.05) is 0 Å². The highest BCUT2D eigenvalue weighted by Gasteiger charge is 1.96. The van der Waals surface area contributed by atoms with Crippen LogP contribution in [-0.2, 0) is 0 Å². The number of rotatable bonds is 8. The Morgan fingerprint density at radius 1 is 0.909 bits per heavy atom. The van der Waals surface area contributed by atoms with Crippen LogP contribution in [0.15, 0.2) is 0 Å². The summed E-state index contributed by atoms with van der Waals surface area (Å²) in [5.41, 5.74) is 0. The average Bonchev–Trinajstić information content (AvgIpc) is 2.03. The summed E-state index contributed by atoms with van der Waals surface area (Å²) in [5.74, 6) is 0. The molecule has 11 heavy (non-hydrogen) atoms. The van der Waals surface area contributed by atoms with Gasteiger partial charge >= 0.3 is 0 Å². The first kappa shape index (κ1) is 11.6. The lowest BCUT2D eigenvalue weighted by molar-refractivity contribution is 2.10. The molecule has 9 heteroatoms. The normalized spacial score (nSPS) is 7.64. The van der Waals surface area contributed by atoms with E-state index in [4.69, 9.17) is 0 Å². The fraction of sp³-hybridized carbons (Fsp3) is 1.00. The fourth-order valence-corrected chi connectivity index (χ4v) is 1.38. The monoisotopic (exact) mass is 138 g/mol. The fourth-order valence-electron chi connectivity index (χ4n) is 1.38. The van der Waals surface area contributed by atoms with Crippen molar-refractivity contribution in [3.8, 4) is 0 Å². The molecule has 0 radical (unpaired) electrons. The highest BCUT2D eigenvalue weighted by molar-refractivity contribution is 7.47. The molecule has 0 bridgehead atoms. The molecule has 0 aliphatic heterocycles. The van der Waals surface area contributed by atoms with Crippen LogP contribution in [0.25, 0.3) is 0 Å². The van der Waals surface area contributed by atoms with E-state index in [1.807, 2.05) is 0 Å². The lowest BCUT2D eigenvalue weighted by Crippen LogP contribution is -2.22. The summed E-state index contributed by atoms with van der Waals surface area (Å²) in [6, 6.07) is 0. The van der Waals surface area contributed by atoms with Gasteiger partial charge in [-0.1, -0.05) is 0 Å². The molecular formula is C2H15B9. The molecular weight excluding hydrogens is 121 g/mol. The molecule has 0 aromatic rings. The zero-order valence-corrected chi connectivity index (χ0v) is 8.36. The van der Waals surface area contributed by atoms with Crippen LogP contribution in [-0.4, -0.2) is 65.3 Å². The van der Waals surface area contributed by atoms with Crippen molar-refractivity contribution in [2.45, 2.75) is 12.4 Å². The first-order valence-corrected chi connectivity index (χ1v) is 5.41. The van der Waals surface area contributed by atoms with Crippen LogP contribution in [0.1, 0.15) is 0 Å². The van der Waals surface area contributed by atoms with E-state index in [2.05, 4.69) is 15.6 Å². The van der Waals surface area contributed by atoms with Gasteiger partial charge in [0.05, 0.1) is 37.1 Å². The molecule has 0 atom stereocenters. The van der Waals surface area contributed by atoms with Gasteiger partial charge in [0.2, 0.25) is 0 Å². The standard InChI is InChI=1S/C2H15B9/c3-1-5-10-11-7-2-6-9-8-4/h5-11H,1-4H2.